The van der Waals surface area contributed by atoms with Gasteiger partial charge in [0.05, 0.1) is 20.3 Å². The minimum absolute atomic E-state index is 0.878. The van der Waals surface area contributed by atoms with E-state index in [4.69, 9.17) is 9.47 Å². The molecule has 0 aliphatic carbocycles. The lowest BCUT2D eigenvalue weighted by molar-refractivity contribution is 0.0374. The first kappa shape index (κ1) is 19.3. The molecule has 1 saturated heterocycles. The number of rotatable bonds is 8. The molecule has 0 bridgehead atoms. The van der Waals surface area contributed by atoms with Gasteiger partial charge < -0.3 is 9.47 Å². The van der Waals surface area contributed by atoms with E-state index >= 15 is 0 Å². The molecular weight excluding hydrogens is 342 g/mol. The molecule has 0 atom stereocenters. The van der Waals surface area contributed by atoms with Crippen molar-refractivity contribution in [1.82, 2.24) is 4.90 Å². The second-order valence-electron chi connectivity index (χ2n) is 6.81. The van der Waals surface area contributed by atoms with E-state index in [1.165, 1.54) is 28.0 Å². The van der Waals surface area contributed by atoms with Crippen LogP contribution in [0.15, 0.2) is 47.4 Å². The SMILES string of the molecule is COc1ccc(CCCN2CCOCC2)cc1CSc1ccc(C)cc1. The average molecular weight is 372 g/mol. The molecule has 0 spiro atoms. The van der Waals surface area contributed by atoms with E-state index in [0.29, 0.717) is 0 Å². The van der Waals surface area contributed by atoms with Gasteiger partial charge in [-0.05, 0) is 50.1 Å². The largest absolute Gasteiger partial charge is 0.496 e. The van der Waals surface area contributed by atoms with Crippen LogP contribution in [-0.2, 0) is 16.9 Å². The van der Waals surface area contributed by atoms with Gasteiger partial charge in [-0.25, -0.2) is 0 Å². The zero-order valence-electron chi connectivity index (χ0n) is 15.9. The molecular formula is C22H29NO2S. The Kier molecular flexibility index (Phi) is 7.42. The third-order valence-electron chi connectivity index (χ3n) is 4.80. The summed E-state index contributed by atoms with van der Waals surface area (Å²) in [6.07, 6.45) is 2.31. The number of hydrogen-bond acceptors (Lipinski definition) is 4. The van der Waals surface area contributed by atoms with Gasteiger partial charge in [-0.1, -0.05) is 29.8 Å². The van der Waals surface area contributed by atoms with Crippen LogP contribution in [0.2, 0.25) is 0 Å². The maximum Gasteiger partial charge on any atom is 0.122 e. The molecule has 140 valence electrons. The van der Waals surface area contributed by atoms with Crippen molar-refractivity contribution < 1.29 is 9.47 Å². The van der Waals surface area contributed by atoms with Crippen molar-refractivity contribution in [2.45, 2.75) is 30.4 Å². The van der Waals surface area contributed by atoms with Gasteiger partial charge >= 0.3 is 0 Å². The van der Waals surface area contributed by atoms with E-state index < -0.39 is 0 Å². The Morgan fingerprint density at radius 1 is 1.08 bits per heavy atom. The number of thioether (sulfide) groups is 1. The molecule has 2 aromatic carbocycles. The molecule has 0 unspecified atom stereocenters. The molecule has 0 aromatic heterocycles. The van der Waals surface area contributed by atoms with Crippen molar-refractivity contribution in [3.63, 3.8) is 0 Å². The maximum atomic E-state index is 5.57. The summed E-state index contributed by atoms with van der Waals surface area (Å²) in [7, 11) is 1.76. The fourth-order valence-corrected chi connectivity index (χ4v) is 4.10. The normalized spacial score (nSPS) is 15.2. The van der Waals surface area contributed by atoms with E-state index in [0.717, 1.165) is 50.8 Å². The van der Waals surface area contributed by atoms with Crippen LogP contribution in [0.3, 0.4) is 0 Å². The molecule has 1 aliphatic heterocycles. The lowest BCUT2D eigenvalue weighted by Gasteiger charge is -2.26. The van der Waals surface area contributed by atoms with E-state index in [2.05, 4.69) is 54.3 Å². The first-order chi connectivity index (χ1) is 12.7. The summed E-state index contributed by atoms with van der Waals surface area (Å²) in [6.45, 7) is 7.18. The van der Waals surface area contributed by atoms with Crippen LogP contribution >= 0.6 is 11.8 Å². The third kappa shape index (κ3) is 5.76. The van der Waals surface area contributed by atoms with Gasteiger partial charge in [0.25, 0.3) is 0 Å². The summed E-state index contributed by atoms with van der Waals surface area (Å²) < 4.78 is 11.0. The molecule has 0 amide bonds. The minimum atomic E-state index is 0.878. The number of methoxy groups -OCH3 is 1. The van der Waals surface area contributed by atoms with Gasteiger partial charge in [-0.2, -0.15) is 0 Å². The summed E-state index contributed by atoms with van der Waals surface area (Å²) in [4.78, 5) is 3.80. The van der Waals surface area contributed by atoms with Crippen molar-refractivity contribution in [1.29, 1.82) is 0 Å². The topological polar surface area (TPSA) is 21.7 Å². The monoisotopic (exact) mass is 371 g/mol. The van der Waals surface area contributed by atoms with Gasteiger partial charge in [-0.3, -0.25) is 4.90 Å². The number of ether oxygens (including phenoxy) is 2. The van der Waals surface area contributed by atoms with Gasteiger partial charge in [-0.15, -0.1) is 11.8 Å². The highest BCUT2D eigenvalue weighted by Gasteiger charge is 2.10. The molecule has 3 nitrogen and oxygen atoms in total. The van der Waals surface area contributed by atoms with E-state index in [-0.39, 0.29) is 0 Å². The molecule has 1 fully saturated rings. The second kappa shape index (κ2) is 10.0. The molecule has 0 N–H and O–H groups in total. The smallest absolute Gasteiger partial charge is 0.122 e. The van der Waals surface area contributed by atoms with Crippen LogP contribution in [0.1, 0.15) is 23.1 Å². The van der Waals surface area contributed by atoms with E-state index in [1.807, 2.05) is 11.8 Å². The molecule has 26 heavy (non-hydrogen) atoms. The number of hydrogen-bond donors (Lipinski definition) is 0. The minimum Gasteiger partial charge on any atom is -0.496 e. The van der Waals surface area contributed by atoms with Crippen molar-refractivity contribution in [3.05, 3.63) is 59.2 Å². The van der Waals surface area contributed by atoms with Crippen molar-refractivity contribution in [2.75, 3.05) is 40.0 Å². The number of morpholine rings is 1. The van der Waals surface area contributed by atoms with E-state index in [1.54, 1.807) is 7.11 Å². The molecule has 3 rings (SSSR count). The van der Waals surface area contributed by atoms with Crippen LogP contribution in [0.4, 0.5) is 0 Å². The Hall–Kier alpha value is -1.49. The fourth-order valence-electron chi connectivity index (χ4n) is 3.23. The summed E-state index contributed by atoms with van der Waals surface area (Å²) in [5, 5.41) is 0. The highest BCUT2D eigenvalue weighted by molar-refractivity contribution is 7.98. The zero-order chi connectivity index (χ0) is 18.2. The maximum absolute atomic E-state index is 5.57. The predicted molar refractivity (Wildman–Crippen MR) is 109 cm³/mol. The van der Waals surface area contributed by atoms with Gasteiger partial charge in [0.1, 0.15) is 5.75 Å². The number of aryl methyl sites for hydroxylation is 2. The van der Waals surface area contributed by atoms with Gasteiger partial charge in [0.2, 0.25) is 0 Å². The van der Waals surface area contributed by atoms with Gasteiger partial charge in [0, 0.05) is 29.3 Å². The lowest BCUT2D eigenvalue weighted by atomic mass is 10.1. The highest BCUT2D eigenvalue weighted by Crippen LogP contribution is 2.29. The Labute approximate surface area is 161 Å². The molecule has 0 saturated carbocycles. The summed E-state index contributed by atoms with van der Waals surface area (Å²) in [6, 6.07) is 15.4. The predicted octanol–water partition coefficient (Wildman–Crippen LogP) is 4.56. The second-order valence-corrected chi connectivity index (χ2v) is 7.85. The van der Waals surface area contributed by atoms with Crippen LogP contribution < -0.4 is 4.74 Å². The first-order valence-corrected chi connectivity index (χ1v) is 10.4. The van der Waals surface area contributed by atoms with Gasteiger partial charge in [0.15, 0.2) is 0 Å². The average Bonchev–Trinajstić information content (AvgIpc) is 2.68. The van der Waals surface area contributed by atoms with Crippen LogP contribution in [-0.4, -0.2) is 44.9 Å². The van der Waals surface area contributed by atoms with E-state index in [9.17, 15) is 0 Å². The Morgan fingerprint density at radius 3 is 2.58 bits per heavy atom. The molecule has 0 radical (unpaired) electrons. The van der Waals surface area contributed by atoms with Crippen molar-refractivity contribution in [2.24, 2.45) is 0 Å². The van der Waals surface area contributed by atoms with Crippen molar-refractivity contribution in [3.8, 4) is 5.75 Å². The quantitative estimate of drug-likeness (QED) is 0.634. The van der Waals surface area contributed by atoms with Crippen LogP contribution in [0, 0.1) is 6.92 Å². The Bertz CT molecular complexity index is 681. The van der Waals surface area contributed by atoms with Crippen LogP contribution in [0.25, 0.3) is 0 Å². The third-order valence-corrected chi connectivity index (χ3v) is 5.86. The fraction of sp³-hybridized carbons (Fsp3) is 0.455. The molecule has 1 aliphatic rings. The zero-order valence-corrected chi connectivity index (χ0v) is 16.7. The summed E-state index contributed by atoms with van der Waals surface area (Å²) in [5.41, 5.74) is 3.98. The van der Waals surface area contributed by atoms with Crippen LogP contribution in [0.5, 0.6) is 5.75 Å². The molecule has 2 aromatic rings. The lowest BCUT2D eigenvalue weighted by Crippen LogP contribution is -2.36. The number of benzene rings is 2. The summed E-state index contributed by atoms with van der Waals surface area (Å²) in [5.74, 6) is 1.92. The number of nitrogens with zero attached hydrogens (tertiary/aromatic N) is 1. The Balaban J connectivity index is 1.55. The highest BCUT2D eigenvalue weighted by atomic mass is 32.2. The standard InChI is InChI=1S/C22H29NO2S/c1-18-5-8-21(9-6-18)26-17-20-16-19(7-10-22(20)24-2)4-3-11-23-12-14-25-15-13-23/h5-10,16H,3-4,11-15,17H2,1-2H3. The molecule has 4 heteroatoms. The summed E-state index contributed by atoms with van der Waals surface area (Å²) >= 11 is 1.86. The Morgan fingerprint density at radius 2 is 1.85 bits per heavy atom. The molecule has 1 heterocycles. The van der Waals surface area contributed by atoms with Crippen molar-refractivity contribution >= 4 is 11.8 Å². The first-order valence-electron chi connectivity index (χ1n) is 9.40.